The average molecular weight is 246 g/mol. The third kappa shape index (κ3) is 1.71. The Balaban J connectivity index is 2.95. The molecule has 0 saturated carbocycles. The number of nitrogens with one attached hydrogen (secondary N) is 1. The molecule has 1 N–H and O–H groups in total. The maximum absolute atomic E-state index is 12.2. The Morgan fingerprint density at radius 3 is 2.44 bits per heavy atom. The topological polar surface area (TPSA) is 72.7 Å². The molecule has 0 saturated heterocycles. The third-order valence-electron chi connectivity index (χ3n) is 2.61. The highest BCUT2D eigenvalue weighted by atomic mass is 16.2. The van der Waals surface area contributed by atoms with Crippen molar-refractivity contribution in [1.29, 1.82) is 0 Å². The molecule has 0 spiro atoms. The van der Waals surface area contributed by atoms with Gasteiger partial charge < -0.3 is 4.98 Å². The molecule has 0 radical (unpaired) electrons. The number of allylic oxidation sites excluding steroid dienone is 2. The largest absolute Gasteiger partial charge is 0.333 e. The predicted molar refractivity (Wildman–Crippen MR) is 69.7 cm³/mol. The summed E-state index contributed by atoms with van der Waals surface area (Å²) in [7, 11) is 0. The lowest BCUT2D eigenvalue weighted by Gasteiger charge is -2.07. The molecule has 0 fully saturated rings. The van der Waals surface area contributed by atoms with E-state index in [4.69, 9.17) is 0 Å². The molecule has 2 aromatic heterocycles. The fraction of sp³-hybridized carbons (Fsp3) is 0.250. The number of H-pyrrole nitrogens is 1. The van der Waals surface area contributed by atoms with Crippen LogP contribution in [0.25, 0.3) is 11.2 Å². The highest BCUT2D eigenvalue weighted by Gasteiger charge is 2.14. The summed E-state index contributed by atoms with van der Waals surface area (Å²) in [6.45, 7) is 9.36. The van der Waals surface area contributed by atoms with Crippen molar-refractivity contribution in [2.24, 2.45) is 0 Å². The molecule has 94 valence electrons. The van der Waals surface area contributed by atoms with Gasteiger partial charge in [0.25, 0.3) is 5.56 Å². The lowest BCUT2D eigenvalue weighted by Crippen LogP contribution is -2.39. The fourth-order valence-electron chi connectivity index (χ4n) is 1.87. The summed E-state index contributed by atoms with van der Waals surface area (Å²) < 4.78 is 2.55. The van der Waals surface area contributed by atoms with E-state index in [0.717, 1.165) is 4.57 Å². The number of hydrogen-bond acceptors (Lipinski definition) is 3. The Bertz CT molecular complexity index is 733. The molecular formula is C12H14N4O2. The van der Waals surface area contributed by atoms with E-state index in [2.05, 4.69) is 23.1 Å². The summed E-state index contributed by atoms with van der Waals surface area (Å²) in [6.07, 6.45) is 3.10. The summed E-state index contributed by atoms with van der Waals surface area (Å²) in [5.41, 5.74) is -0.103. The maximum atomic E-state index is 12.2. The summed E-state index contributed by atoms with van der Waals surface area (Å²) in [5, 5.41) is 0. The molecule has 0 atom stereocenters. The molecule has 0 unspecified atom stereocenters. The van der Waals surface area contributed by atoms with Crippen LogP contribution in [-0.2, 0) is 13.1 Å². The van der Waals surface area contributed by atoms with Crippen LogP contribution in [0.3, 0.4) is 0 Å². The second-order valence-corrected chi connectivity index (χ2v) is 3.91. The number of fused-ring (bicyclic) bond motifs is 1. The number of aryl methyl sites for hydroxylation is 1. The molecule has 0 aromatic carbocycles. The summed E-state index contributed by atoms with van der Waals surface area (Å²) in [5.74, 6) is 0.593. The van der Waals surface area contributed by atoms with Crippen molar-refractivity contribution < 1.29 is 0 Å². The minimum atomic E-state index is -0.403. The predicted octanol–water partition coefficient (Wildman–Crippen LogP) is 0.567. The molecule has 0 aliphatic rings. The van der Waals surface area contributed by atoms with Crippen LogP contribution >= 0.6 is 0 Å². The molecule has 0 bridgehead atoms. The first kappa shape index (κ1) is 12.1. The molecular weight excluding hydrogens is 232 g/mol. The first-order valence-corrected chi connectivity index (χ1v) is 5.52. The molecule has 2 aromatic rings. The molecule has 0 aliphatic carbocycles. The van der Waals surface area contributed by atoms with Crippen LogP contribution in [0.1, 0.15) is 5.82 Å². The second-order valence-electron chi connectivity index (χ2n) is 3.91. The second kappa shape index (κ2) is 4.48. The van der Waals surface area contributed by atoms with Crippen molar-refractivity contribution in [2.45, 2.75) is 20.0 Å². The van der Waals surface area contributed by atoms with Crippen molar-refractivity contribution in [3.05, 3.63) is 52.0 Å². The average Bonchev–Trinajstić information content (AvgIpc) is 2.72. The van der Waals surface area contributed by atoms with Crippen molar-refractivity contribution in [3.63, 3.8) is 0 Å². The van der Waals surface area contributed by atoms with E-state index in [1.165, 1.54) is 10.6 Å². The van der Waals surface area contributed by atoms with Gasteiger partial charge in [0.2, 0.25) is 0 Å². The van der Waals surface area contributed by atoms with Gasteiger partial charge in [-0.1, -0.05) is 12.2 Å². The molecule has 18 heavy (non-hydrogen) atoms. The van der Waals surface area contributed by atoms with E-state index < -0.39 is 11.2 Å². The number of aromatic amines is 1. The zero-order valence-electron chi connectivity index (χ0n) is 10.1. The number of hydrogen-bond donors (Lipinski definition) is 1. The van der Waals surface area contributed by atoms with Crippen LogP contribution in [-0.4, -0.2) is 19.1 Å². The van der Waals surface area contributed by atoms with E-state index >= 15 is 0 Å². The SMILES string of the molecule is C=CCn1c(=O)c2nc(C)[nH]c2n(CC=C)c1=O. The van der Waals surface area contributed by atoms with Crippen molar-refractivity contribution in [2.75, 3.05) is 0 Å². The van der Waals surface area contributed by atoms with Crippen molar-refractivity contribution in [3.8, 4) is 0 Å². The van der Waals surface area contributed by atoms with Crippen molar-refractivity contribution in [1.82, 2.24) is 19.1 Å². The molecule has 6 nitrogen and oxygen atoms in total. The van der Waals surface area contributed by atoms with Gasteiger partial charge in [-0.15, -0.1) is 13.2 Å². The third-order valence-corrected chi connectivity index (χ3v) is 2.61. The Labute approximate surface area is 103 Å². The Hall–Kier alpha value is -2.37. The fourth-order valence-corrected chi connectivity index (χ4v) is 1.87. The van der Waals surface area contributed by atoms with E-state index in [1.54, 1.807) is 13.0 Å². The molecule has 0 amide bonds. The Morgan fingerprint density at radius 2 is 1.83 bits per heavy atom. The first-order valence-electron chi connectivity index (χ1n) is 5.52. The minimum Gasteiger partial charge on any atom is -0.328 e. The van der Waals surface area contributed by atoms with Crippen molar-refractivity contribution >= 4 is 11.2 Å². The number of nitrogens with zero attached hydrogens (tertiary/aromatic N) is 3. The number of rotatable bonds is 4. The Morgan fingerprint density at radius 1 is 1.22 bits per heavy atom. The standard InChI is InChI=1S/C12H14N4O2/c1-4-6-15-10-9(13-8(3)14-10)11(17)16(7-5-2)12(15)18/h4-5H,1-2,6-7H2,3H3,(H,13,14). The minimum absolute atomic E-state index is 0.163. The zero-order chi connectivity index (χ0) is 13.3. The quantitative estimate of drug-likeness (QED) is 0.801. The lowest BCUT2D eigenvalue weighted by molar-refractivity contribution is 0.646. The van der Waals surface area contributed by atoms with Crippen LogP contribution < -0.4 is 11.2 Å². The smallest absolute Gasteiger partial charge is 0.328 e. The maximum Gasteiger partial charge on any atom is 0.333 e. The van der Waals surface area contributed by atoms with Gasteiger partial charge in [0, 0.05) is 13.1 Å². The van der Waals surface area contributed by atoms with E-state index in [0.29, 0.717) is 18.0 Å². The van der Waals surface area contributed by atoms with Gasteiger partial charge in [0.15, 0.2) is 5.52 Å². The first-order chi connectivity index (χ1) is 8.60. The number of aromatic nitrogens is 4. The van der Waals surface area contributed by atoms with Gasteiger partial charge in [-0.05, 0) is 6.92 Å². The Kier molecular flexibility index (Phi) is 3.01. The lowest BCUT2D eigenvalue weighted by atomic mass is 10.4. The molecule has 2 heterocycles. The molecule has 2 rings (SSSR count). The summed E-state index contributed by atoms with van der Waals surface area (Å²) in [6, 6.07) is 0. The highest BCUT2D eigenvalue weighted by Crippen LogP contribution is 2.04. The zero-order valence-corrected chi connectivity index (χ0v) is 10.1. The van der Waals surface area contributed by atoms with E-state index in [9.17, 15) is 9.59 Å². The van der Waals surface area contributed by atoms with E-state index in [1.807, 2.05) is 0 Å². The van der Waals surface area contributed by atoms with Crippen LogP contribution in [0, 0.1) is 6.92 Å². The van der Waals surface area contributed by atoms with Crippen LogP contribution in [0.4, 0.5) is 0 Å². The summed E-state index contributed by atoms with van der Waals surface area (Å²) >= 11 is 0. The molecule has 0 aliphatic heterocycles. The monoisotopic (exact) mass is 246 g/mol. The van der Waals surface area contributed by atoms with Gasteiger partial charge in [-0.25, -0.2) is 9.78 Å². The van der Waals surface area contributed by atoms with Gasteiger partial charge in [0.1, 0.15) is 11.5 Å². The van der Waals surface area contributed by atoms with E-state index in [-0.39, 0.29) is 12.1 Å². The normalized spacial score (nSPS) is 10.7. The highest BCUT2D eigenvalue weighted by molar-refractivity contribution is 5.69. The van der Waals surface area contributed by atoms with Gasteiger partial charge >= 0.3 is 5.69 Å². The van der Waals surface area contributed by atoms with Crippen LogP contribution in [0.5, 0.6) is 0 Å². The van der Waals surface area contributed by atoms with Crippen LogP contribution in [0.2, 0.25) is 0 Å². The van der Waals surface area contributed by atoms with Crippen LogP contribution in [0.15, 0.2) is 34.9 Å². The van der Waals surface area contributed by atoms with Gasteiger partial charge in [0.05, 0.1) is 0 Å². The van der Waals surface area contributed by atoms with Gasteiger partial charge in [-0.2, -0.15) is 0 Å². The molecule has 6 heteroatoms. The van der Waals surface area contributed by atoms with Gasteiger partial charge in [-0.3, -0.25) is 13.9 Å². The summed E-state index contributed by atoms with van der Waals surface area (Å²) in [4.78, 5) is 31.3. The number of imidazole rings is 1.